The Bertz CT molecular complexity index is 719. The summed E-state index contributed by atoms with van der Waals surface area (Å²) in [4.78, 5) is 16.8. The first-order valence-corrected chi connectivity index (χ1v) is 8.46. The highest BCUT2D eigenvalue weighted by Crippen LogP contribution is 2.19. The molecule has 3 rings (SSSR count). The summed E-state index contributed by atoms with van der Waals surface area (Å²) in [5.41, 5.74) is 0.816. The van der Waals surface area contributed by atoms with Gasteiger partial charge < -0.3 is 10.1 Å². The van der Waals surface area contributed by atoms with Crippen LogP contribution in [-0.4, -0.2) is 38.9 Å². The first-order chi connectivity index (χ1) is 11.4. The number of rotatable bonds is 3. The number of nitrogens with zero attached hydrogens (tertiary/aromatic N) is 3. The van der Waals surface area contributed by atoms with Gasteiger partial charge in [0.15, 0.2) is 0 Å². The smallest absolute Gasteiger partial charge is 0.291 e. The van der Waals surface area contributed by atoms with Crippen molar-refractivity contribution in [2.24, 2.45) is 0 Å². The van der Waals surface area contributed by atoms with Gasteiger partial charge in [0.1, 0.15) is 5.82 Å². The lowest BCUT2D eigenvalue weighted by atomic mass is 10.00. The summed E-state index contributed by atoms with van der Waals surface area (Å²) >= 11 is 5.91. The first-order valence-electron chi connectivity index (χ1n) is 8.08. The molecule has 1 amide bonds. The number of hydrogen-bond donors (Lipinski definition) is 1. The predicted octanol–water partition coefficient (Wildman–Crippen LogP) is 2.91. The Balaban J connectivity index is 1.74. The minimum Gasteiger partial charge on any atom is -0.375 e. The van der Waals surface area contributed by atoms with Crippen molar-refractivity contribution in [2.45, 2.75) is 51.9 Å². The van der Waals surface area contributed by atoms with Crippen molar-refractivity contribution in [2.75, 3.05) is 0 Å². The van der Waals surface area contributed by atoms with Gasteiger partial charge in [0, 0.05) is 11.1 Å². The van der Waals surface area contributed by atoms with E-state index in [-0.39, 0.29) is 30.0 Å². The molecule has 2 unspecified atom stereocenters. The Hall–Kier alpha value is -1.92. The third-order valence-electron chi connectivity index (χ3n) is 4.08. The maximum absolute atomic E-state index is 12.5. The highest BCUT2D eigenvalue weighted by Gasteiger charge is 2.27. The van der Waals surface area contributed by atoms with E-state index in [0.29, 0.717) is 10.8 Å². The van der Waals surface area contributed by atoms with Gasteiger partial charge in [-0.2, -0.15) is 0 Å². The van der Waals surface area contributed by atoms with E-state index < -0.39 is 0 Å². The maximum atomic E-state index is 12.5. The van der Waals surface area contributed by atoms with Crippen molar-refractivity contribution < 1.29 is 9.53 Å². The highest BCUT2D eigenvalue weighted by molar-refractivity contribution is 6.30. The van der Waals surface area contributed by atoms with Gasteiger partial charge in [-0.15, -0.1) is 5.10 Å². The van der Waals surface area contributed by atoms with Gasteiger partial charge in [-0.3, -0.25) is 4.79 Å². The van der Waals surface area contributed by atoms with Gasteiger partial charge in [0.05, 0.1) is 17.9 Å². The molecule has 24 heavy (non-hydrogen) atoms. The Morgan fingerprint density at radius 1 is 1.25 bits per heavy atom. The maximum Gasteiger partial charge on any atom is 0.291 e. The Labute approximate surface area is 146 Å². The van der Waals surface area contributed by atoms with Crippen LogP contribution in [0.15, 0.2) is 24.3 Å². The van der Waals surface area contributed by atoms with Crippen molar-refractivity contribution in [3.8, 4) is 5.69 Å². The molecule has 1 aliphatic heterocycles. The molecule has 0 radical (unpaired) electrons. The average Bonchev–Trinajstić information content (AvgIpc) is 2.89. The van der Waals surface area contributed by atoms with Crippen LogP contribution in [0.4, 0.5) is 0 Å². The topological polar surface area (TPSA) is 69.0 Å². The number of nitrogens with one attached hydrogen (secondary N) is 1. The minimum atomic E-state index is -0.253. The summed E-state index contributed by atoms with van der Waals surface area (Å²) in [5, 5.41) is 8.00. The van der Waals surface area contributed by atoms with Crippen molar-refractivity contribution in [1.82, 2.24) is 20.1 Å². The quantitative estimate of drug-likeness (QED) is 0.926. The standard InChI is InChI=1S/C17H21ClN4O2/c1-10-8-14(9-11(2)24-10)20-17(23)16-19-12(3)22(21-16)15-6-4-13(18)5-7-15/h4-7,10-11,14H,8-9H2,1-3H3,(H,20,23). The van der Waals surface area contributed by atoms with E-state index in [1.165, 1.54) is 0 Å². The number of halogens is 1. The fourth-order valence-electron chi connectivity index (χ4n) is 3.09. The predicted molar refractivity (Wildman–Crippen MR) is 91.6 cm³/mol. The summed E-state index contributed by atoms with van der Waals surface area (Å²) in [6, 6.07) is 7.32. The number of carbonyl (C=O) groups is 1. The lowest BCUT2D eigenvalue weighted by molar-refractivity contribution is -0.0408. The fourth-order valence-corrected chi connectivity index (χ4v) is 3.21. The van der Waals surface area contributed by atoms with E-state index in [9.17, 15) is 4.79 Å². The van der Waals surface area contributed by atoms with E-state index in [2.05, 4.69) is 15.4 Å². The number of aryl methyl sites for hydroxylation is 1. The molecule has 1 aromatic carbocycles. The SMILES string of the molecule is Cc1nc(C(=O)NC2CC(C)OC(C)C2)nn1-c1ccc(Cl)cc1. The molecule has 0 saturated carbocycles. The Morgan fingerprint density at radius 2 is 1.88 bits per heavy atom. The summed E-state index contributed by atoms with van der Waals surface area (Å²) < 4.78 is 7.34. The summed E-state index contributed by atoms with van der Waals surface area (Å²) in [5.74, 6) is 0.572. The summed E-state index contributed by atoms with van der Waals surface area (Å²) in [6.45, 7) is 5.86. The second-order valence-electron chi connectivity index (χ2n) is 6.27. The summed E-state index contributed by atoms with van der Waals surface area (Å²) in [6.07, 6.45) is 1.88. The molecule has 6 nitrogen and oxygen atoms in total. The van der Waals surface area contributed by atoms with Crippen LogP contribution < -0.4 is 5.32 Å². The Morgan fingerprint density at radius 3 is 2.50 bits per heavy atom. The number of hydrogen-bond acceptors (Lipinski definition) is 4. The van der Waals surface area contributed by atoms with Crippen molar-refractivity contribution in [3.63, 3.8) is 0 Å². The molecule has 0 bridgehead atoms. The molecule has 0 aliphatic carbocycles. The fraction of sp³-hybridized carbons (Fsp3) is 0.471. The van der Waals surface area contributed by atoms with E-state index in [0.717, 1.165) is 18.5 Å². The van der Waals surface area contributed by atoms with Gasteiger partial charge in [0.25, 0.3) is 5.91 Å². The molecule has 1 aromatic heterocycles. The molecule has 2 atom stereocenters. The van der Waals surface area contributed by atoms with E-state index in [4.69, 9.17) is 16.3 Å². The first kappa shape index (κ1) is 16.9. The van der Waals surface area contributed by atoms with Gasteiger partial charge >= 0.3 is 0 Å². The van der Waals surface area contributed by atoms with Crippen molar-refractivity contribution >= 4 is 17.5 Å². The minimum absolute atomic E-state index is 0.0824. The lowest BCUT2D eigenvalue weighted by Gasteiger charge is -2.32. The largest absolute Gasteiger partial charge is 0.375 e. The molecule has 1 fully saturated rings. The van der Waals surface area contributed by atoms with Crippen LogP contribution in [0.3, 0.4) is 0 Å². The van der Waals surface area contributed by atoms with Crippen LogP contribution in [0.25, 0.3) is 5.69 Å². The third kappa shape index (κ3) is 3.76. The van der Waals surface area contributed by atoms with Gasteiger partial charge in [-0.1, -0.05) is 11.6 Å². The van der Waals surface area contributed by atoms with E-state index in [1.54, 1.807) is 16.8 Å². The molecule has 128 valence electrons. The van der Waals surface area contributed by atoms with Crippen LogP contribution in [0.1, 0.15) is 43.1 Å². The molecule has 0 spiro atoms. The van der Waals surface area contributed by atoms with Gasteiger partial charge in [0.2, 0.25) is 5.82 Å². The van der Waals surface area contributed by atoms with Crippen LogP contribution >= 0.6 is 11.6 Å². The van der Waals surface area contributed by atoms with E-state index in [1.807, 2.05) is 32.9 Å². The molecule has 7 heteroatoms. The van der Waals surface area contributed by atoms with Crippen molar-refractivity contribution in [1.29, 1.82) is 0 Å². The molecule has 1 saturated heterocycles. The lowest BCUT2D eigenvalue weighted by Crippen LogP contribution is -2.44. The zero-order valence-corrected chi connectivity index (χ0v) is 14.7. The third-order valence-corrected chi connectivity index (χ3v) is 4.33. The molecular weight excluding hydrogens is 328 g/mol. The number of ether oxygens (including phenoxy) is 1. The molecule has 1 aliphatic rings. The number of carbonyl (C=O) groups excluding carboxylic acids is 1. The average molecular weight is 349 g/mol. The van der Waals surface area contributed by atoms with Crippen LogP contribution in [-0.2, 0) is 4.74 Å². The number of amides is 1. The number of benzene rings is 1. The summed E-state index contributed by atoms with van der Waals surface area (Å²) in [7, 11) is 0. The van der Waals surface area contributed by atoms with Crippen LogP contribution in [0, 0.1) is 6.92 Å². The normalized spacial score (nSPS) is 23.9. The molecule has 1 N–H and O–H groups in total. The zero-order chi connectivity index (χ0) is 17.3. The van der Waals surface area contributed by atoms with Crippen molar-refractivity contribution in [3.05, 3.63) is 40.9 Å². The zero-order valence-electron chi connectivity index (χ0n) is 14.0. The van der Waals surface area contributed by atoms with Gasteiger partial charge in [-0.25, -0.2) is 9.67 Å². The molecular formula is C17H21ClN4O2. The second-order valence-corrected chi connectivity index (χ2v) is 6.71. The molecule has 2 heterocycles. The number of aromatic nitrogens is 3. The highest BCUT2D eigenvalue weighted by atomic mass is 35.5. The van der Waals surface area contributed by atoms with Crippen LogP contribution in [0.2, 0.25) is 5.02 Å². The van der Waals surface area contributed by atoms with Gasteiger partial charge in [-0.05, 0) is 57.9 Å². The Kier molecular flexibility index (Phi) is 4.87. The van der Waals surface area contributed by atoms with Crippen LogP contribution in [0.5, 0.6) is 0 Å². The van der Waals surface area contributed by atoms with E-state index >= 15 is 0 Å². The second kappa shape index (κ2) is 6.91. The monoisotopic (exact) mass is 348 g/mol. The molecule has 2 aromatic rings.